The van der Waals surface area contributed by atoms with Crippen LogP contribution in [0.15, 0.2) is 48.6 Å². The molecule has 11 nitrogen and oxygen atoms in total. The fraction of sp³-hybridized carbons (Fsp3) is 0.851. The molecule has 78 heavy (non-hydrogen) atoms. The van der Waals surface area contributed by atoms with E-state index in [-0.39, 0.29) is 19.4 Å². The summed E-state index contributed by atoms with van der Waals surface area (Å²) in [5.74, 6) is -1.19. The molecule has 1 saturated heterocycles. The number of amides is 1. The molecule has 0 aromatic rings. The summed E-state index contributed by atoms with van der Waals surface area (Å²) in [4.78, 5) is 26.6. The maximum Gasteiger partial charge on any atom is 0.306 e. The fourth-order valence-electron chi connectivity index (χ4n) is 10.2. The molecule has 0 bridgehead atoms. The van der Waals surface area contributed by atoms with Crippen molar-refractivity contribution in [1.82, 2.24) is 5.32 Å². The van der Waals surface area contributed by atoms with Gasteiger partial charge in [-0.1, -0.05) is 262 Å². The van der Waals surface area contributed by atoms with Crippen LogP contribution >= 0.6 is 0 Å². The van der Waals surface area contributed by atoms with Gasteiger partial charge in [0.2, 0.25) is 5.91 Å². The molecule has 1 fully saturated rings. The predicted octanol–water partition coefficient (Wildman–Crippen LogP) is 16.0. The van der Waals surface area contributed by atoms with Gasteiger partial charge in [-0.05, 0) is 83.5 Å². The van der Waals surface area contributed by atoms with Gasteiger partial charge in [0.25, 0.3) is 0 Å². The molecule has 0 saturated carbocycles. The van der Waals surface area contributed by atoms with Crippen molar-refractivity contribution in [3.05, 3.63) is 48.6 Å². The van der Waals surface area contributed by atoms with E-state index in [1.165, 1.54) is 180 Å². The number of esters is 1. The highest BCUT2D eigenvalue weighted by molar-refractivity contribution is 5.80. The number of aliphatic hydroxyl groups is 5. The lowest BCUT2D eigenvalue weighted by molar-refractivity contribution is -0.305. The Kier molecular flexibility index (Phi) is 52.1. The van der Waals surface area contributed by atoms with Crippen LogP contribution in [0.3, 0.4) is 0 Å². The van der Waals surface area contributed by atoms with E-state index in [4.69, 9.17) is 14.2 Å². The van der Waals surface area contributed by atoms with E-state index in [2.05, 4.69) is 62.5 Å². The lowest BCUT2D eigenvalue weighted by Crippen LogP contribution is -2.61. The maximum absolute atomic E-state index is 13.4. The second kappa shape index (κ2) is 55.2. The molecular formula is C67H123NO10. The zero-order valence-corrected chi connectivity index (χ0v) is 50.5. The third-order valence-corrected chi connectivity index (χ3v) is 15.5. The minimum Gasteiger partial charge on any atom is -0.454 e. The highest BCUT2D eigenvalue weighted by Crippen LogP contribution is 2.26. The van der Waals surface area contributed by atoms with Crippen molar-refractivity contribution < 1.29 is 49.3 Å². The molecule has 11 heteroatoms. The Balaban J connectivity index is 2.60. The number of unbranched alkanes of at least 4 members (excludes halogenated alkanes) is 36. The van der Waals surface area contributed by atoms with Crippen LogP contribution in [0.5, 0.6) is 0 Å². The van der Waals surface area contributed by atoms with Crippen LogP contribution in [0, 0.1) is 0 Å². The molecule has 0 aromatic heterocycles. The summed E-state index contributed by atoms with van der Waals surface area (Å²) >= 11 is 0. The van der Waals surface area contributed by atoms with Crippen LogP contribution in [-0.2, 0) is 23.8 Å². The van der Waals surface area contributed by atoms with Crippen molar-refractivity contribution in [2.45, 2.75) is 352 Å². The smallest absolute Gasteiger partial charge is 0.306 e. The average Bonchev–Trinajstić information content (AvgIpc) is 3.45. The van der Waals surface area contributed by atoms with Crippen LogP contribution in [0.25, 0.3) is 0 Å². The third-order valence-electron chi connectivity index (χ3n) is 15.5. The van der Waals surface area contributed by atoms with Crippen molar-refractivity contribution >= 4 is 11.9 Å². The molecule has 1 aliphatic rings. The Morgan fingerprint density at radius 1 is 0.500 bits per heavy atom. The molecular weight excluding hydrogens is 979 g/mol. The summed E-state index contributed by atoms with van der Waals surface area (Å²) in [6.45, 7) is 5.77. The van der Waals surface area contributed by atoms with E-state index in [1.807, 2.05) is 6.08 Å². The highest BCUT2D eigenvalue weighted by Gasteiger charge is 2.47. The van der Waals surface area contributed by atoms with Crippen LogP contribution in [0.4, 0.5) is 0 Å². The topological polar surface area (TPSA) is 175 Å². The van der Waals surface area contributed by atoms with Crippen LogP contribution < -0.4 is 5.32 Å². The summed E-state index contributed by atoms with van der Waals surface area (Å²) in [6, 6.07) is -1.02. The van der Waals surface area contributed by atoms with Crippen molar-refractivity contribution in [2.24, 2.45) is 0 Å². The van der Waals surface area contributed by atoms with E-state index >= 15 is 0 Å². The second-order valence-electron chi connectivity index (χ2n) is 22.8. The van der Waals surface area contributed by atoms with Gasteiger partial charge >= 0.3 is 5.97 Å². The molecule has 6 N–H and O–H groups in total. The standard InChI is InChI=1S/C67H123NO10/c1-4-7-10-13-16-19-22-25-27-28-29-30-31-32-33-34-35-37-40-43-46-49-52-55-62(72)78-65-64(74)63(73)61(56-69)77-67(65)76-57-58(59(70)53-50-47-44-41-38-24-21-18-15-12-9-6-3)68-66(75)60(71)54-51-48-45-42-39-36-26-23-20-17-14-11-8-5-2/h16,19-20,23,25,27,50,53,58-61,63-65,67,69-71,73-74H,4-15,17-18,21-22,24,26,28-49,51-52,54-57H2,1-3H3,(H,68,75)/b19-16-,23-20-,27-25-,53-50+. The van der Waals surface area contributed by atoms with Gasteiger partial charge in [0.15, 0.2) is 12.4 Å². The lowest BCUT2D eigenvalue weighted by Gasteiger charge is -2.41. The Morgan fingerprint density at radius 3 is 1.36 bits per heavy atom. The first kappa shape index (κ1) is 73.6. The minimum absolute atomic E-state index is 0.123. The molecule has 1 aliphatic heterocycles. The van der Waals surface area contributed by atoms with Crippen LogP contribution in [0.2, 0.25) is 0 Å². The van der Waals surface area contributed by atoms with Gasteiger partial charge in [-0.3, -0.25) is 9.59 Å². The predicted molar refractivity (Wildman–Crippen MR) is 324 cm³/mol. The summed E-state index contributed by atoms with van der Waals surface area (Å²) in [5.41, 5.74) is 0. The molecule has 456 valence electrons. The van der Waals surface area contributed by atoms with Crippen molar-refractivity contribution in [3.63, 3.8) is 0 Å². The number of allylic oxidation sites excluding steroid dienone is 7. The lowest BCUT2D eigenvalue weighted by atomic mass is 9.99. The first-order chi connectivity index (χ1) is 38.2. The van der Waals surface area contributed by atoms with Gasteiger partial charge in [0, 0.05) is 6.42 Å². The highest BCUT2D eigenvalue weighted by atomic mass is 16.7. The van der Waals surface area contributed by atoms with Crippen molar-refractivity contribution in [3.8, 4) is 0 Å². The van der Waals surface area contributed by atoms with E-state index in [1.54, 1.807) is 6.08 Å². The van der Waals surface area contributed by atoms with Crippen molar-refractivity contribution in [1.29, 1.82) is 0 Å². The van der Waals surface area contributed by atoms with Gasteiger partial charge in [-0.15, -0.1) is 0 Å². The largest absolute Gasteiger partial charge is 0.454 e. The molecule has 0 aromatic carbocycles. The molecule has 8 unspecified atom stereocenters. The molecule has 1 heterocycles. The number of ether oxygens (including phenoxy) is 3. The van der Waals surface area contributed by atoms with Gasteiger partial charge in [-0.25, -0.2) is 0 Å². The number of rotatable bonds is 56. The normalized spacial score (nSPS) is 19.2. The number of nitrogens with one attached hydrogen (secondary N) is 1. The average molecular weight is 1100 g/mol. The molecule has 0 spiro atoms. The van der Waals surface area contributed by atoms with Gasteiger partial charge in [0.1, 0.15) is 24.4 Å². The maximum atomic E-state index is 13.4. The molecule has 0 radical (unpaired) electrons. The Morgan fingerprint density at radius 2 is 0.885 bits per heavy atom. The summed E-state index contributed by atoms with van der Waals surface area (Å²) in [6.07, 6.45) is 57.2. The summed E-state index contributed by atoms with van der Waals surface area (Å²) in [7, 11) is 0. The fourth-order valence-corrected chi connectivity index (χ4v) is 10.2. The third kappa shape index (κ3) is 42.5. The minimum atomic E-state index is -1.61. The van der Waals surface area contributed by atoms with Crippen LogP contribution in [-0.4, -0.2) is 99.6 Å². The van der Waals surface area contributed by atoms with E-state index in [0.29, 0.717) is 12.8 Å². The molecule has 0 aliphatic carbocycles. The molecule has 1 rings (SSSR count). The monoisotopic (exact) mass is 1100 g/mol. The second-order valence-corrected chi connectivity index (χ2v) is 22.8. The SMILES string of the molecule is CCCCC/C=C\C/C=C\CCCCCCCCCCCCCCCC(=O)OC1C(OCC(NC(=O)C(O)CCCCCCCC/C=C\CCCCCC)C(O)/C=C/CCCCCCCCCCCC)OC(CO)C(O)C1O. The summed E-state index contributed by atoms with van der Waals surface area (Å²) < 4.78 is 17.7. The number of carbonyl (C=O) groups excluding carboxylic acids is 2. The van der Waals surface area contributed by atoms with Gasteiger partial charge < -0.3 is 45.1 Å². The number of aliphatic hydroxyl groups excluding tert-OH is 5. The molecule has 8 atom stereocenters. The number of hydrogen-bond acceptors (Lipinski definition) is 10. The van der Waals surface area contributed by atoms with E-state index in [0.717, 1.165) is 77.0 Å². The van der Waals surface area contributed by atoms with E-state index < -0.39 is 67.4 Å². The Hall–Kier alpha value is -2.38. The first-order valence-electron chi connectivity index (χ1n) is 32.9. The van der Waals surface area contributed by atoms with Crippen LogP contribution in [0.1, 0.15) is 303 Å². The van der Waals surface area contributed by atoms with E-state index in [9.17, 15) is 35.1 Å². The zero-order chi connectivity index (χ0) is 56.8. The Bertz CT molecular complexity index is 1450. The number of hydrogen-bond donors (Lipinski definition) is 6. The quantitative estimate of drug-likeness (QED) is 0.0195. The van der Waals surface area contributed by atoms with Crippen molar-refractivity contribution in [2.75, 3.05) is 13.2 Å². The van der Waals surface area contributed by atoms with Gasteiger partial charge in [-0.2, -0.15) is 0 Å². The number of carbonyl (C=O) groups is 2. The summed E-state index contributed by atoms with van der Waals surface area (Å²) in [5, 5.41) is 57.0. The first-order valence-corrected chi connectivity index (χ1v) is 32.9. The van der Waals surface area contributed by atoms with Gasteiger partial charge in [0.05, 0.1) is 25.4 Å². The zero-order valence-electron chi connectivity index (χ0n) is 50.5. The molecule has 1 amide bonds. The Labute approximate surface area is 478 Å².